The first kappa shape index (κ1) is 14.3. The third-order valence-corrected chi connectivity index (χ3v) is 3.80. The SMILES string of the molecule is CC1C(c2ccccc2)=C(C(=O)O)C(C(=O)O)CN1C. The highest BCUT2D eigenvalue weighted by atomic mass is 16.4. The van der Waals surface area contributed by atoms with E-state index >= 15 is 0 Å². The molecule has 1 aromatic rings. The number of carboxylic acid groups (broad SMARTS) is 2. The highest BCUT2D eigenvalue weighted by Crippen LogP contribution is 2.34. The first-order chi connectivity index (χ1) is 9.43. The summed E-state index contributed by atoms with van der Waals surface area (Å²) in [6.45, 7) is 2.10. The summed E-state index contributed by atoms with van der Waals surface area (Å²) in [7, 11) is 1.81. The molecule has 0 saturated carbocycles. The molecule has 5 heteroatoms. The van der Waals surface area contributed by atoms with Crippen molar-refractivity contribution in [3.8, 4) is 0 Å². The lowest BCUT2D eigenvalue weighted by Gasteiger charge is -2.36. The summed E-state index contributed by atoms with van der Waals surface area (Å²) in [6, 6.07) is 8.97. The minimum Gasteiger partial charge on any atom is -0.481 e. The van der Waals surface area contributed by atoms with Crippen molar-refractivity contribution < 1.29 is 19.8 Å². The van der Waals surface area contributed by atoms with Crippen molar-refractivity contribution in [1.29, 1.82) is 0 Å². The van der Waals surface area contributed by atoms with Crippen LogP contribution in [0.3, 0.4) is 0 Å². The van der Waals surface area contributed by atoms with E-state index < -0.39 is 17.9 Å². The summed E-state index contributed by atoms with van der Waals surface area (Å²) < 4.78 is 0. The Morgan fingerprint density at radius 2 is 1.80 bits per heavy atom. The number of hydrogen-bond acceptors (Lipinski definition) is 3. The normalized spacial score (nSPS) is 23.7. The Morgan fingerprint density at radius 3 is 2.30 bits per heavy atom. The summed E-state index contributed by atoms with van der Waals surface area (Å²) in [6.07, 6.45) is 0. The lowest BCUT2D eigenvalue weighted by Crippen LogP contribution is -2.44. The molecule has 5 nitrogen and oxygen atoms in total. The molecule has 2 rings (SSSR count). The molecule has 2 N–H and O–H groups in total. The van der Waals surface area contributed by atoms with Gasteiger partial charge in [0.1, 0.15) is 5.92 Å². The first-order valence-corrected chi connectivity index (χ1v) is 6.39. The van der Waals surface area contributed by atoms with Crippen molar-refractivity contribution >= 4 is 17.5 Å². The Hall–Kier alpha value is -2.14. The lowest BCUT2D eigenvalue weighted by atomic mass is 9.82. The molecule has 0 spiro atoms. The lowest BCUT2D eigenvalue weighted by molar-refractivity contribution is -0.144. The fourth-order valence-electron chi connectivity index (χ4n) is 2.65. The van der Waals surface area contributed by atoms with E-state index in [0.29, 0.717) is 5.57 Å². The van der Waals surface area contributed by atoms with Crippen molar-refractivity contribution in [2.45, 2.75) is 13.0 Å². The second kappa shape index (κ2) is 5.46. The van der Waals surface area contributed by atoms with Gasteiger partial charge in [0.05, 0.1) is 5.57 Å². The van der Waals surface area contributed by atoms with Crippen LogP contribution in [0.2, 0.25) is 0 Å². The van der Waals surface area contributed by atoms with Crippen LogP contribution in [0.1, 0.15) is 12.5 Å². The van der Waals surface area contributed by atoms with Crippen LogP contribution >= 0.6 is 0 Å². The molecule has 0 saturated heterocycles. The van der Waals surface area contributed by atoms with Gasteiger partial charge in [0.25, 0.3) is 0 Å². The Kier molecular flexibility index (Phi) is 3.90. The Bertz CT molecular complexity index is 564. The average Bonchev–Trinajstić information content (AvgIpc) is 2.41. The zero-order valence-electron chi connectivity index (χ0n) is 11.4. The molecule has 0 fully saturated rings. The monoisotopic (exact) mass is 275 g/mol. The van der Waals surface area contributed by atoms with Gasteiger partial charge in [0.2, 0.25) is 0 Å². The quantitative estimate of drug-likeness (QED) is 0.875. The van der Waals surface area contributed by atoms with E-state index in [2.05, 4.69) is 0 Å². The number of benzene rings is 1. The first-order valence-electron chi connectivity index (χ1n) is 6.39. The summed E-state index contributed by atoms with van der Waals surface area (Å²) in [5.41, 5.74) is 1.34. The van der Waals surface area contributed by atoms with E-state index in [9.17, 15) is 19.8 Å². The molecule has 0 aliphatic carbocycles. The predicted molar refractivity (Wildman–Crippen MR) is 74.2 cm³/mol. The van der Waals surface area contributed by atoms with Crippen LogP contribution < -0.4 is 0 Å². The second-order valence-corrected chi connectivity index (χ2v) is 5.00. The smallest absolute Gasteiger partial charge is 0.332 e. The van der Waals surface area contributed by atoms with E-state index in [0.717, 1.165) is 5.56 Å². The van der Waals surface area contributed by atoms with Crippen LogP contribution in [0.15, 0.2) is 35.9 Å². The van der Waals surface area contributed by atoms with Gasteiger partial charge < -0.3 is 10.2 Å². The number of carboxylic acids is 2. The van der Waals surface area contributed by atoms with Crippen LogP contribution in [-0.2, 0) is 9.59 Å². The molecule has 0 radical (unpaired) electrons. The van der Waals surface area contributed by atoms with Crippen LogP contribution in [0.4, 0.5) is 0 Å². The Morgan fingerprint density at radius 1 is 1.20 bits per heavy atom. The number of rotatable bonds is 3. The molecule has 1 aliphatic rings. The molecule has 2 unspecified atom stereocenters. The standard InChI is InChI=1S/C15H17NO4/c1-9-12(10-6-4-3-5-7-10)13(15(19)20)11(14(17)18)8-16(9)2/h3-7,9,11H,8H2,1-2H3,(H,17,18)(H,19,20). The van der Waals surface area contributed by atoms with Gasteiger partial charge >= 0.3 is 11.9 Å². The number of hydrogen-bond donors (Lipinski definition) is 2. The minimum absolute atomic E-state index is 0.00528. The van der Waals surface area contributed by atoms with Crippen molar-refractivity contribution in [3.05, 3.63) is 41.5 Å². The largest absolute Gasteiger partial charge is 0.481 e. The van der Waals surface area contributed by atoms with Crippen molar-refractivity contribution in [2.75, 3.05) is 13.6 Å². The summed E-state index contributed by atoms with van der Waals surface area (Å²) in [5.74, 6) is -3.27. The van der Waals surface area contributed by atoms with E-state index in [4.69, 9.17) is 0 Å². The Labute approximate surface area is 117 Å². The van der Waals surface area contributed by atoms with Crippen molar-refractivity contribution in [3.63, 3.8) is 0 Å². The number of nitrogens with zero attached hydrogens (tertiary/aromatic N) is 1. The maximum absolute atomic E-state index is 11.6. The zero-order valence-corrected chi connectivity index (χ0v) is 11.4. The van der Waals surface area contributed by atoms with Gasteiger partial charge in [-0.25, -0.2) is 4.79 Å². The molecule has 1 aromatic carbocycles. The van der Waals surface area contributed by atoms with Gasteiger partial charge in [-0.3, -0.25) is 9.69 Å². The maximum atomic E-state index is 11.6. The fraction of sp³-hybridized carbons (Fsp3) is 0.333. The molecule has 2 atom stereocenters. The second-order valence-electron chi connectivity index (χ2n) is 5.00. The van der Waals surface area contributed by atoms with Gasteiger partial charge in [-0.15, -0.1) is 0 Å². The third kappa shape index (κ3) is 2.44. The number of likely N-dealkylation sites (N-methyl/N-ethyl adjacent to an activating group) is 1. The van der Waals surface area contributed by atoms with Gasteiger partial charge in [0, 0.05) is 12.6 Å². The van der Waals surface area contributed by atoms with Crippen LogP contribution in [-0.4, -0.2) is 46.7 Å². The Balaban J connectivity index is 2.67. The average molecular weight is 275 g/mol. The molecule has 0 bridgehead atoms. The molecule has 20 heavy (non-hydrogen) atoms. The molecule has 0 aromatic heterocycles. The molecular formula is C15H17NO4. The topological polar surface area (TPSA) is 77.8 Å². The van der Waals surface area contributed by atoms with Crippen molar-refractivity contribution in [2.24, 2.45) is 5.92 Å². The summed E-state index contributed by atoms with van der Waals surface area (Å²) in [4.78, 5) is 24.8. The molecule has 1 aliphatic heterocycles. The molecule has 1 heterocycles. The zero-order chi connectivity index (χ0) is 14.9. The number of carbonyl (C=O) groups is 2. The predicted octanol–water partition coefficient (Wildman–Crippen LogP) is 1.56. The van der Waals surface area contributed by atoms with Crippen molar-refractivity contribution in [1.82, 2.24) is 4.90 Å². The maximum Gasteiger partial charge on any atom is 0.332 e. The van der Waals surface area contributed by atoms with Crippen LogP contribution in [0.25, 0.3) is 5.57 Å². The summed E-state index contributed by atoms with van der Waals surface area (Å²) in [5, 5.41) is 18.8. The van der Waals surface area contributed by atoms with Gasteiger partial charge in [-0.2, -0.15) is 0 Å². The highest BCUT2D eigenvalue weighted by molar-refractivity contribution is 6.03. The van der Waals surface area contributed by atoms with Gasteiger partial charge in [-0.1, -0.05) is 30.3 Å². The minimum atomic E-state index is -1.16. The molecule has 0 amide bonds. The molecule has 106 valence electrons. The fourth-order valence-corrected chi connectivity index (χ4v) is 2.65. The van der Waals surface area contributed by atoms with E-state index in [1.807, 2.05) is 49.2 Å². The summed E-state index contributed by atoms with van der Waals surface area (Å²) >= 11 is 0. The van der Waals surface area contributed by atoms with E-state index in [-0.39, 0.29) is 18.2 Å². The van der Waals surface area contributed by atoms with Gasteiger partial charge in [-0.05, 0) is 25.1 Å². The van der Waals surface area contributed by atoms with Crippen LogP contribution in [0, 0.1) is 5.92 Å². The van der Waals surface area contributed by atoms with E-state index in [1.54, 1.807) is 0 Å². The highest BCUT2D eigenvalue weighted by Gasteiger charge is 2.38. The molecular weight excluding hydrogens is 258 g/mol. The third-order valence-electron chi connectivity index (χ3n) is 3.80. The number of aliphatic carboxylic acids is 2. The van der Waals surface area contributed by atoms with E-state index in [1.165, 1.54) is 0 Å². The van der Waals surface area contributed by atoms with Gasteiger partial charge in [0.15, 0.2) is 0 Å². The van der Waals surface area contributed by atoms with Crippen LogP contribution in [0.5, 0.6) is 0 Å².